The van der Waals surface area contributed by atoms with Gasteiger partial charge in [0.05, 0.1) is 0 Å². The summed E-state index contributed by atoms with van der Waals surface area (Å²) in [6.45, 7) is 4.52. The van der Waals surface area contributed by atoms with Gasteiger partial charge in [-0.1, -0.05) is 65.8 Å². The fraction of sp³-hybridized carbons (Fsp3) is 0.667. The van der Waals surface area contributed by atoms with Crippen LogP contribution < -0.4 is 0 Å². The van der Waals surface area contributed by atoms with Crippen LogP contribution in [0.4, 0.5) is 0 Å². The van der Waals surface area contributed by atoms with Crippen LogP contribution in [0.2, 0.25) is 0 Å². The topological polar surface area (TPSA) is 0 Å². The predicted octanol–water partition coefficient (Wildman–Crippen LogP) is 7.07. The lowest BCUT2D eigenvalue weighted by Gasteiger charge is -2.07. The molecule has 0 aromatic rings. The van der Waals surface area contributed by atoms with Crippen LogP contribution >= 0.6 is 15.9 Å². The van der Waals surface area contributed by atoms with Crippen molar-refractivity contribution in [3.8, 4) is 0 Å². The molecule has 0 atom stereocenters. The maximum Gasteiger partial charge on any atom is 0.0174 e. The fourth-order valence-electron chi connectivity index (χ4n) is 2.56. The fourth-order valence-corrected chi connectivity index (χ4v) is 3.08. The van der Waals surface area contributed by atoms with Crippen LogP contribution in [0, 0.1) is 0 Å². The first kappa shape index (κ1) is 16.8. The van der Waals surface area contributed by atoms with E-state index in [0.717, 1.165) is 0 Å². The lowest BCUT2D eigenvalue weighted by molar-refractivity contribution is 0.628. The van der Waals surface area contributed by atoms with Crippen molar-refractivity contribution in [1.82, 2.24) is 0 Å². The van der Waals surface area contributed by atoms with Crippen molar-refractivity contribution in [2.75, 3.05) is 0 Å². The Morgan fingerprint density at radius 3 is 2.58 bits per heavy atom. The van der Waals surface area contributed by atoms with E-state index < -0.39 is 0 Å². The molecule has 0 nitrogen and oxygen atoms in total. The van der Waals surface area contributed by atoms with Gasteiger partial charge in [-0.3, -0.25) is 0 Å². The highest BCUT2D eigenvalue weighted by atomic mass is 79.9. The second-order valence-electron chi connectivity index (χ2n) is 5.74. The molecule has 0 aromatic carbocycles. The minimum atomic E-state index is 1.22. The van der Waals surface area contributed by atoms with Gasteiger partial charge >= 0.3 is 0 Å². The van der Waals surface area contributed by atoms with Crippen molar-refractivity contribution in [3.05, 3.63) is 33.9 Å². The van der Waals surface area contributed by atoms with Crippen LogP contribution in [0.5, 0.6) is 0 Å². The Bertz CT molecular complexity index is 334. The highest BCUT2D eigenvalue weighted by Gasteiger charge is 2.01. The summed E-state index contributed by atoms with van der Waals surface area (Å²) in [5.41, 5.74) is 3.13. The number of allylic oxidation sites excluding steroid dienone is 6. The maximum atomic E-state index is 3.66. The second-order valence-corrected chi connectivity index (χ2v) is 6.65. The third kappa shape index (κ3) is 8.47. The number of unbranched alkanes of at least 4 members (excludes halogenated alkanes) is 3. The SMILES string of the molecule is CCCCCC/C1=C/C=C(Br)\C=C(\C)CCCCC1. The van der Waals surface area contributed by atoms with Crippen LogP contribution in [0.1, 0.15) is 78.1 Å². The van der Waals surface area contributed by atoms with E-state index in [1.807, 2.05) is 0 Å². The van der Waals surface area contributed by atoms with Gasteiger partial charge in [0.1, 0.15) is 0 Å². The maximum absolute atomic E-state index is 3.66. The normalized spacial score (nSPS) is 26.4. The summed E-state index contributed by atoms with van der Waals surface area (Å²) in [5.74, 6) is 0. The minimum Gasteiger partial charge on any atom is -0.0722 e. The van der Waals surface area contributed by atoms with Crippen LogP contribution in [0.15, 0.2) is 33.9 Å². The van der Waals surface area contributed by atoms with Gasteiger partial charge in [0.15, 0.2) is 0 Å². The molecule has 1 aliphatic rings. The Labute approximate surface area is 128 Å². The van der Waals surface area contributed by atoms with E-state index >= 15 is 0 Å². The van der Waals surface area contributed by atoms with Crippen LogP contribution in [-0.2, 0) is 0 Å². The molecular formula is C18H29Br. The van der Waals surface area contributed by atoms with E-state index in [4.69, 9.17) is 0 Å². The van der Waals surface area contributed by atoms with E-state index in [1.54, 1.807) is 5.57 Å². The van der Waals surface area contributed by atoms with Gasteiger partial charge in [0.2, 0.25) is 0 Å². The summed E-state index contributed by atoms with van der Waals surface area (Å²) in [5, 5.41) is 0. The van der Waals surface area contributed by atoms with Crippen molar-refractivity contribution in [3.63, 3.8) is 0 Å². The van der Waals surface area contributed by atoms with Crippen LogP contribution in [0.3, 0.4) is 0 Å². The summed E-state index contributed by atoms with van der Waals surface area (Å²) >= 11 is 3.66. The first-order chi connectivity index (χ1) is 9.22. The molecule has 1 rings (SSSR count). The van der Waals surface area contributed by atoms with E-state index in [9.17, 15) is 0 Å². The van der Waals surface area contributed by atoms with E-state index in [0.29, 0.717) is 0 Å². The lowest BCUT2D eigenvalue weighted by Crippen LogP contribution is -1.87. The number of halogens is 1. The van der Waals surface area contributed by atoms with Crippen molar-refractivity contribution in [1.29, 1.82) is 0 Å². The third-order valence-electron chi connectivity index (χ3n) is 3.78. The number of hydrogen-bond donors (Lipinski definition) is 0. The molecular weight excluding hydrogens is 296 g/mol. The molecule has 1 aliphatic carbocycles. The molecule has 0 amide bonds. The van der Waals surface area contributed by atoms with Gasteiger partial charge in [0, 0.05) is 4.48 Å². The van der Waals surface area contributed by atoms with Gasteiger partial charge in [-0.05, 0) is 57.6 Å². The molecule has 19 heavy (non-hydrogen) atoms. The Morgan fingerprint density at radius 1 is 1.00 bits per heavy atom. The Hall–Kier alpha value is -0.300. The largest absolute Gasteiger partial charge is 0.0722 e. The molecule has 0 N–H and O–H groups in total. The number of hydrogen-bond acceptors (Lipinski definition) is 0. The predicted molar refractivity (Wildman–Crippen MR) is 90.7 cm³/mol. The molecule has 0 unspecified atom stereocenters. The summed E-state index contributed by atoms with van der Waals surface area (Å²) in [4.78, 5) is 0. The Balaban J connectivity index is 2.58. The van der Waals surface area contributed by atoms with Gasteiger partial charge in [-0.15, -0.1) is 0 Å². The smallest absolute Gasteiger partial charge is 0.0174 e. The van der Waals surface area contributed by atoms with Gasteiger partial charge < -0.3 is 0 Å². The average molecular weight is 325 g/mol. The molecule has 0 saturated carbocycles. The van der Waals surface area contributed by atoms with Crippen molar-refractivity contribution in [2.45, 2.75) is 78.1 Å². The van der Waals surface area contributed by atoms with E-state index in [1.165, 1.54) is 74.3 Å². The first-order valence-corrected chi connectivity index (χ1v) is 8.74. The minimum absolute atomic E-state index is 1.22. The summed E-state index contributed by atoms with van der Waals surface area (Å²) in [7, 11) is 0. The average Bonchev–Trinajstić information content (AvgIpc) is 2.41. The lowest BCUT2D eigenvalue weighted by atomic mass is 10.00. The van der Waals surface area contributed by atoms with Gasteiger partial charge in [-0.25, -0.2) is 0 Å². The molecule has 0 aromatic heterocycles. The van der Waals surface area contributed by atoms with Crippen LogP contribution in [-0.4, -0.2) is 0 Å². The molecule has 0 radical (unpaired) electrons. The van der Waals surface area contributed by atoms with Gasteiger partial charge in [0.25, 0.3) is 0 Å². The molecule has 0 bridgehead atoms. The standard InChI is InChI=1S/C18H29Br/c1-3-4-5-8-11-17-12-9-6-7-10-16(2)15-18(19)14-13-17/h13-15H,3-12H2,1-2H3/b16-15-,17-13-,18-14+. The zero-order valence-electron chi connectivity index (χ0n) is 12.7. The summed E-state index contributed by atoms with van der Waals surface area (Å²) in [6, 6.07) is 0. The zero-order valence-corrected chi connectivity index (χ0v) is 14.3. The third-order valence-corrected chi connectivity index (χ3v) is 4.28. The molecule has 0 fully saturated rings. The molecule has 0 heterocycles. The first-order valence-electron chi connectivity index (χ1n) is 7.94. The monoisotopic (exact) mass is 324 g/mol. The van der Waals surface area contributed by atoms with Gasteiger partial charge in [-0.2, -0.15) is 0 Å². The van der Waals surface area contributed by atoms with Crippen molar-refractivity contribution in [2.24, 2.45) is 0 Å². The van der Waals surface area contributed by atoms with E-state index in [2.05, 4.69) is 48.0 Å². The summed E-state index contributed by atoms with van der Waals surface area (Å²) in [6.07, 6.45) is 20.2. The zero-order chi connectivity index (χ0) is 13.9. The van der Waals surface area contributed by atoms with Crippen molar-refractivity contribution < 1.29 is 0 Å². The molecule has 0 saturated heterocycles. The summed E-state index contributed by atoms with van der Waals surface area (Å²) < 4.78 is 1.22. The highest BCUT2D eigenvalue weighted by Crippen LogP contribution is 2.22. The second kappa shape index (κ2) is 10.5. The highest BCUT2D eigenvalue weighted by molar-refractivity contribution is 9.11. The molecule has 0 spiro atoms. The number of rotatable bonds is 5. The molecule has 108 valence electrons. The Morgan fingerprint density at radius 2 is 1.79 bits per heavy atom. The quantitative estimate of drug-likeness (QED) is 0.474. The van der Waals surface area contributed by atoms with Crippen LogP contribution in [0.25, 0.3) is 0 Å². The Kier molecular flexibility index (Phi) is 9.24. The van der Waals surface area contributed by atoms with Crippen molar-refractivity contribution >= 4 is 15.9 Å². The molecule has 1 heteroatoms. The molecule has 0 aliphatic heterocycles. The van der Waals surface area contributed by atoms with E-state index in [-0.39, 0.29) is 0 Å².